The molecule has 1 aromatic carbocycles. The van der Waals surface area contributed by atoms with Crippen molar-refractivity contribution < 1.29 is 4.39 Å². The monoisotopic (exact) mass is 328 g/mol. The third-order valence-corrected chi connectivity index (χ3v) is 4.40. The number of halogens is 2. The van der Waals surface area contributed by atoms with E-state index in [2.05, 4.69) is 33.1 Å². The number of nitrogens with one attached hydrogen (secondary N) is 1. The van der Waals surface area contributed by atoms with Crippen molar-refractivity contribution in [1.82, 2.24) is 10.2 Å². The number of likely N-dealkylation sites (tertiary alicyclic amines) is 1. The van der Waals surface area contributed by atoms with E-state index in [9.17, 15) is 4.39 Å². The molecule has 0 unspecified atom stereocenters. The van der Waals surface area contributed by atoms with E-state index in [0.29, 0.717) is 6.54 Å². The molecule has 1 aliphatic heterocycles. The molecule has 0 aliphatic carbocycles. The summed E-state index contributed by atoms with van der Waals surface area (Å²) in [5, 5.41) is 3.39. The molecule has 1 saturated heterocycles. The molecule has 4 heteroatoms. The van der Waals surface area contributed by atoms with Gasteiger partial charge in [-0.15, -0.1) is 0 Å². The lowest BCUT2D eigenvalue weighted by Gasteiger charge is -2.31. The largest absolute Gasteiger partial charge is 0.312 e. The second kappa shape index (κ2) is 7.36. The number of hydrogen-bond donors (Lipinski definition) is 1. The first kappa shape index (κ1) is 14.9. The van der Waals surface area contributed by atoms with Gasteiger partial charge in [-0.25, -0.2) is 4.39 Å². The number of rotatable bonds is 5. The Hall–Kier alpha value is -0.450. The van der Waals surface area contributed by atoms with Gasteiger partial charge in [0.05, 0.1) is 0 Å². The summed E-state index contributed by atoms with van der Waals surface area (Å²) in [6.45, 7) is 7.38. The van der Waals surface area contributed by atoms with Crippen LogP contribution in [0.15, 0.2) is 22.7 Å². The van der Waals surface area contributed by atoms with Gasteiger partial charge >= 0.3 is 0 Å². The Morgan fingerprint density at radius 1 is 1.37 bits per heavy atom. The van der Waals surface area contributed by atoms with Crippen molar-refractivity contribution in [1.29, 1.82) is 0 Å². The van der Waals surface area contributed by atoms with Gasteiger partial charge in [-0.3, -0.25) is 0 Å². The Kier molecular flexibility index (Phi) is 5.79. The lowest BCUT2D eigenvalue weighted by atomic mass is 9.97. The highest BCUT2D eigenvalue weighted by atomic mass is 79.9. The van der Waals surface area contributed by atoms with Crippen molar-refractivity contribution in [3.05, 3.63) is 34.1 Å². The zero-order valence-electron chi connectivity index (χ0n) is 11.5. The van der Waals surface area contributed by atoms with Gasteiger partial charge in [0.1, 0.15) is 5.82 Å². The molecular formula is C15H22BrFN2. The first-order chi connectivity index (χ1) is 9.19. The van der Waals surface area contributed by atoms with Crippen LogP contribution in [0.3, 0.4) is 0 Å². The number of benzene rings is 1. The lowest BCUT2D eigenvalue weighted by molar-refractivity contribution is 0.190. The van der Waals surface area contributed by atoms with Gasteiger partial charge in [-0.1, -0.05) is 22.9 Å². The third-order valence-electron chi connectivity index (χ3n) is 3.91. The van der Waals surface area contributed by atoms with Crippen LogP contribution in [0.4, 0.5) is 4.39 Å². The smallest absolute Gasteiger partial charge is 0.127 e. The minimum atomic E-state index is -0.128. The van der Waals surface area contributed by atoms with Gasteiger partial charge in [-0.05, 0) is 63.1 Å². The topological polar surface area (TPSA) is 15.3 Å². The molecule has 0 saturated carbocycles. The number of piperidine rings is 1. The molecular weight excluding hydrogens is 307 g/mol. The molecule has 0 amide bonds. The van der Waals surface area contributed by atoms with Crippen LogP contribution in [0, 0.1) is 11.7 Å². The summed E-state index contributed by atoms with van der Waals surface area (Å²) in [5.74, 6) is 0.606. The predicted octanol–water partition coefficient (Wildman–Crippen LogP) is 3.41. The van der Waals surface area contributed by atoms with Crippen molar-refractivity contribution in [3.63, 3.8) is 0 Å². The summed E-state index contributed by atoms with van der Waals surface area (Å²) in [6.07, 6.45) is 2.50. The second-order valence-electron chi connectivity index (χ2n) is 5.24. The summed E-state index contributed by atoms with van der Waals surface area (Å²) in [5.41, 5.74) is 0.736. The Labute approximate surface area is 123 Å². The number of nitrogens with zero attached hydrogens (tertiary/aromatic N) is 1. The van der Waals surface area contributed by atoms with E-state index in [0.717, 1.165) is 29.0 Å². The van der Waals surface area contributed by atoms with Gasteiger partial charge in [0.2, 0.25) is 0 Å². The molecule has 1 aliphatic rings. The predicted molar refractivity (Wildman–Crippen MR) is 80.6 cm³/mol. The molecule has 2 rings (SSSR count). The van der Waals surface area contributed by atoms with Crippen LogP contribution in [0.2, 0.25) is 0 Å². The fourth-order valence-corrected chi connectivity index (χ4v) is 3.01. The summed E-state index contributed by atoms with van der Waals surface area (Å²) < 4.78 is 14.5. The summed E-state index contributed by atoms with van der Waals surface area (Å²) in [6, 6.07) is 5.10. The molecule has 0 spiro atoms. The van der Waals surface area contributed by atoms with Crippen LogP contribution >= 0.6 is 15.9 Å². The highest BCUT2D eigenvalue weighted by Crippen LogP contribution is 2.17. The van der Waals surface area contributed by atoms with Crippen molar-refractivity contribution >= 4 is 15.9 Å². The maximum Gasteiger partial charge on any atom is 0.127 e. The van der Waals surface area contributed by atoms with Crippen LogP contribution < -0.4 is 5.32 Å². The first-order valence-corrected chi connectivity index (χ1v) is 7.85. The molecule has 0 atom stereocenters. The van der Waals surface area contributed by atoms with Gasteiger partial charge in [-0.2, -0.15) is 0 Å². The quantitative estimate of drug-likeness (QED) is 0.891. The SMILES string of the molecule is CCN1CCC(CNCc2cc(Br)ccc2F)CC1. The summed E-state index contributed by atoms with van der Waals surface area (Å²) in [4.78, 5) is 2.49. The lowest BCUT2D eigenvalue weighted by Crippen LogP contribution is -2.37. The van der Waals surface area contributed by atoms with Crippen molar-refractivity contribution in [2.75, 3.05) is 26.2 Å². The van der Waals surface area contributed by atoms with E-state index in [1.165, 1.54) is 32.0 Å². The zero-order valence-corrected chi connectivity index (χ0v) is 13.0. The van der Waals surface area contributed by atoms with E-state index in [1.54, 1.807) is 6.07 Å². The van der Waals surface area contributed by atoms with Gasteiger partial charge in [0, 0.05) is 16.6 Å². The van der Waals surface area contributed by atoms with Crippen LogP contribution in [0.25, 0.3) is 0 Å². The van der Waals surface area contributed by atoms with Crippen LogP contribution in [-0.2, 0) is 6.54 Å². The van der Waals surface area contributed by atoms with E-state index < -0.39 is 0 Å². The fourth-order valence-electron chi connectivity index (χ4n) is 2.60. The molecule has 19 heavy (non-hydrogen) atoms. The van der Waals surface area contributed by atoms with Gasteiger partial charge in [0.25, 0.3) is 0 Å². The van der Waals surface area contributed by atoms with Crippen molar-refractivity contribution in [3.8, 4) is 0 Å². The molecule has 106 valence electrons. The van der Waals surface area contributed by atoms with Crippen molar-refractivity contribution in [2.45, 2.75) is 26.3 Å². The third kappa shape index (κ3) is 4.55. The Bertz CT molecular complexity index is 403. The standard InChI is InChI=1S/C15H22BrFN2/c1-2-19-7-5-12(6-8-19)10-18-11-13-9-14(16)3-4-15(13)17/h3-4,9,12,18H,2,5-8,10-11H2,1H3. The Morgan fingerprint density at radius 3 is 2.79 bits per heavy atom. The maximum atomic E-state index is 13.6. The molecule has 1 heterocycles. The van der Waals surface area contributed by atoms with Crippen LogP contribution in [0.1, 0.15) is 25.3 Å². The second-order valence-corrected chi connectivity index (χ2v) is 6.16. The number of hydrogen-bond acceptors (Lipinski definition) is 2. The van der Waals surface area contributed by atoms with E-state index >= 15 is 0 Å². The highest BCUT2D eigenvalue weighted by molar-refractivity contribution is 9.10. The van der Waals surface area contributed by atoms with E-state index in [4.69, 9.17) is 0 Å². The highest BCUT2D eigenvalue weighted by Gasteiger charge is 2.17. The molecule has 0 bridgehead atoms. The molecule has 2 nitrogen and oxygen atoms in total. The molecule has 1 aromatic rings. The normalized spacial score (nSPS) is 17.8. The Balaban J connectivity index is 1.73. The summed E-state index contributed by atoms with van der Waals surface area (Å²) >= 11 is 3.38. The van der Waals surface area contributed by atoms with Gasteiger partial charge in [0.15, 0.2) is 0 Å². The minimum Gasteiger partial charge on any atom is -0.312 e. The minimum absolute atomic E-state index is 0.128. The van der Waals surface area contributed by atoms with E-state index in [1.807, 2.05) is 6.07 Å². The average molecular weight is 329 g/mol. The molecule has 1 N–H and O–H groups in total. The zero-order chi connectivity index (χ0) is 13.7. The Morgan fingerprint density at radius 2 is 2.11 bits per heavy atom. The maximum absolute atomic E-state index is 13.6. The molecule has 0 aromatic heterocycles. The molecule has 0 radical (unpaired) electrons. The van der Waals surface area contributed by atoms with Crippen LogP contribution in [0.5, 0.6) is 0 Å². The fraction of sp³-hybridized carbons (Fsp3) is 0.600. The average Bonchev–Trinajstić information content (AvgIpc) is 2.43. The van der Waals surface area contributed by atoms with Crippen LogP contribution in [-0.4, -0.2) is 31.1 Å². The summed E-state index contributed by atoms with van der Waals surface area (Å²) in [7, 11) is 0. The van der Waals surface area contributed by atoms with Crippen molar-refractivity contribution in [2.24, 2.45) is 5.92 Å². The van der Waals surface area contributed by atoms with Gasteiger partial charge < -0.3 is 10.2 Å². The van der Waals surface area contributed by atoms with E-state index in [-0.39, 0.29) is 5.82 Å². The first-order valence-electron chi connectivity index (χ1n) is 7.06. The molecule has 1 fully saturated rings.